The minimum absolute atomic E-state index is 0.247. The minimum atomic E-state index is 0.247. The number of rotatable bonds is 6. The Kier molecular flexibility index (Phi) is 5.49. The van der Waals surface area contributed by atoms with Gasteiger partial charge in [0.25, 0.3) is 0 Å². The van der Waals surface area contributed by atoms with E-state index in [-0.39, 0.29) is 6.61 Å². The van der Waals surface area contributed by atoms with Gasteiger partial charge in [-0.15, -0.1) is 11.8 Å². The molecule has 0 heterocycles. The van der Waals surface area contributed by atoms with Crippen LogP contribution in [0.1, 0.15) is 13.3 Å². The fraction of sp³-hybridized carbons (Fsp3) is 0.455. The van der Waals surface area contributed by atoms with Crippen molar-refractivity contribution in [3.63, 3.8) is 0 Å². The number of hydrogen-bond donors (Lipinski definition) is 2. The third kappa shape index (κ3) is 4.03. The average molecular weight is 211 g/mol. The van der Waals surface area contributed by atoms with Crippen molar-refractivity contribution in [2.75, 3.05) is 24.2 Å². The highest BCUT2D eigenvalue weighted by atomic mass is 32.2. The standard InChI is InChI=1S/C11H17NOS/c1-2-14-11-6-4-10(5-7-11)12-8-3-9-13/h4-7,12-13H,2-3,8-9H2,1H3. The van der Waals surface area contributed by atoms with E-state index in [4.69, 9.17) is 5.11 Å². The summed E-state index contributed by atoms with van der Waals surface area (Å²) >= 11 is 1.84. The van der Waals surface area contributed by atoms with Gasteiger partial charge in [0.15, 0.2) is 0 Å². The molecular formula is C11H17NOS. The highest BCUT2D eigenvalue weighted by Gasteiger charge is 1.93. The van der Waals surface area contributed by atoms with Crippen LogP contribution in [0.2, 0.25) is 0 Å². The van der Waals surface area contributed by atoms with Gasteiger partial charge < -0.3 is 10.4 Å². The molecule has 0 amide bonds. The summed E-state index contributed by atoms with van der Waals surface area (Å²) in [4.78, 5) is 1.31. The molecule has 0 atom stereocenters. The zero-order valence-electron chi connectivity index (χ0n) is 8.49. The average Bonchev–Trinajstić information content (AvgIpc) is 2.21. The summed E-state index contributed by atoms with van der Waals surface area (Å²) in [6, 6.07) is 8.40. The Balaban J connectivity index is 2.38. The summed E-state index contributed by atoms with van der Waals surface area (Å²) in [5.74, 6) is 1.11. The maximum atomic E-state index is 8.62. The molecule has 3 heteroatoms. The van der Waals surface area contributed by atoms with Gasteiger partial charge in [0.1, 0.15) is 0 Å². The van der Waals surface area contributed by atoms with Crippen LogP contribution in [0.15, 0.2) is 29.2 Å². The molecule has 0 aliphatic heterocycles. The van der Waals surface area contributed by atoms with E-state index in [1.807, 2.05) is 11.8 Å². The number of thioether (sulfide) groups is 1. The molecule has 0 fully saturated rings. The second kappa shape index (κ2) is 6.74. The lowest BCUT2D eigenvalue weighted by Gasteiger charge is -2.05. The van der Waals surface area contributed by atoms with Crippen molar-refractivity contribution in [3.8, 4) is 0 Å². The Morgan fingerprint density at radius 1 is 1.29 bits per heavy atom. The SMILES string of the molecule is CCSc1ccc(NCCCO)cc1. The van der Waals surface area contributed by atoms with Gasteiger partial charge in [0.05, 0.1) is 0 Å². The van der Waals surface area contributed by atoms with E-state index in [9.17, 15) is 0 Å². The molecule has 1 rings (SSSR count). The molecule has 0 unspecified atom stereocenters. The van der Waals surface area contributed by atoms with Gasteiger partial charge in [-0.05, 0) is 36.4 Å². The highest BCUT2D eigenvalue weighted by molar-refractivity contribution is 7.99. The third-order valence-corrected chi connectivity index (χ3v) is 2.72. The number of nitrogens with one attached hydrogen (secondary N) is 1. The zero-order chi connectivity index (χ0) is 10.2. The van der Waals surface area contributed by atoms with Gasteiger partial charge in [-0.3, -0.25) is 0 Å². The van der Waals surface area contributed by atoms with Crippen LogP contribution in [0.3, 0.4) is 0 Å². The molecule has 0 spiro atoms. The summed E-state index contributed by atoms with van der Waals surface area (Å²) in [7, 11) is 0. The molecule has 1 aromatic carbocycles. The third-order valence-electron chi connectivity index (χ3n) is 1.83. The topological polar surface area (TPSA) is 32.3 Å². The Morgan fingerprint density at radius 3 is 2.57 bits per heavy atom. The van der Waals surface area contributed by atoms with E-state index in [0.29, 0.717) is 0 Å². The molecule has 0 radical (unpaired) electrons. The van der Waals surface area contributed by atoms with E-state index in [2.05, 4.69) is 36.5 Å². The smallest absolute Gasteiger partial charge is 0.0447 e. The van der Waals surface area contributed by atoms with Crippen molar-refractivity contribution in [1.29, 1.82) is 0 Å². The van der Waals surface area contributed by atoms with E-state index in [1.165, 1.54) is 4.90 Å². The van der Waals surface area contributed by atoms with Gasteiger partial charge >= 0.3 is 0 Å². The Morgan fingerprint density at radius 2 is 2.00 bits per heavy atom. The van der Waals surface area contributed by atoms with Crippen LogP contribution >= 0.6 is 11.8 Å². The molecule has 0 aromatic heterocycles. The monoisotopic (exact) mass is 211 g/mol. The van der Waals surface area contributed by atoms with Gasteiger partial charge in [-0.1, -0.05) is 6.92 Å². The Bertz CT molecular complexity index is 248. The van der Waals surface area contributed by atoms with Crippen molar-refractivity contribution in [2.45, 2.75) is 18.2 Å². The Hall–Kier alpha value is -0.670. The second-order valence-corrected chi connectivity index (χ2v) is 4.30. The molecular weight excluding hydrogens is 194 g/mol. The molecule has 0 saturated heterocycles. The van der Waals surface area contributed by atoms with E-state index in [0.717, 1.165) is 24.4 Å². The van der Waals surface area contributed by atoms with Crippen LogP contribution in [-0.4, -0.2) is 24.0 Å². The second-order valence-electron chi connectivity index (χ2n) is 2.96. The molecule has 0 aliphatic rings. The summed E-state index contributed by atoms with van der Waals surface area (Å²) in [5, 5.41) is 11.9. The minimum Gasteiger partial charge on any atom is -0.396 e. The number of anilines is 1. The fourth-order valence-electron chi connectivity index (χ4n) is 1.15. The van der Waals surface area contributed by atoms with Gasteiger partial charge in [0, 0.05) is 23.7 Å². The van der Waals surface area contributed by atoms with Crippen molar-refractivity contribution < 1.29 is 5.11 Å². The van der Waals surface area contributed by atoms with Gasteiger partial charge in [-0.2, -0.15) is 0 Å². The summed E-state index contributed by atoms with van der Waals surface area (Å²) < 4.78 is 0. The van der Waals surface area contributed by atoms with Crippen LogP contribution in [0.4, 0.5) is 5.69 Å². The van der Waals surface area contributed by atoms with E-state index < -0.39 is 0 Å². The molecule has 78 valence electrons. The first-order chi connectivity index (χ1) is 6.86. The lowest BCUT2D eigenvalue weighted by molar-refractivity contribution is 0.292. The predicted molar refractivity (Wildman–Crippen MR) is 63.0 cm³/mol. The Labute approximate surface area is 89.7 Å². The van der Waals surface area contributed by atoms with Crippen LogP contribution in [0, 0.1) is 0 Å². The molecule has 0 saturated carbocycles. The summed E-state index contributed by atoms with van der Waals surface area (Å²) in [5.41, 5.74) is 1.12. The first-order valence-electron chi connectivity index (χ1n) is 4.94. The van der Waals surface area contributed by atoms with Crippen molar-refractivity contribution in [2.24, 2.45) is 0 Å². The number of benzene rings is 1. The lowest BCUT2D eigenvalue weighted by Crippen LogP contribution is -2.02. The maximum Gasteiger partial charge on any atom is 0.0447 e. The van der Waals surface area contributed by atoms with E-state index >= 15 is 0 Å². The van der Waals surface area contributed by atoms with Gasteiger partial charge in [-0.25, -0.2) is 0 Å². The van der Waals surface area contributed by atoms with E-state index in [1.54, 1.807) is 0 Å². The zero-order valence-corrected chi connectivity index (χ0v) is 9.31. The maximum absolute atomic E-state index is 8.62. The van der Waals surface area contributed by atoms with Crippen molar-refractivity contribution in [1.82, 2.24) is 0 Å². The molecule has 2 N–H and O–H groups in total. The number of aliphatic hydroxyl groups excluding tert-OH is 1. The summed E-state index contributed by atoms with van der Waals surface area (Å²) in [6.45, 7) is 3.23. The van der Waals surface area contributed by atoms with Crippen molar-refractivity contribution >= 4 is 17.4 Å². The van der Waals surface area contributed by atoms with Crippen LogP contribution < -0.4 is 5.32 Å². The van der Waals surface area contributed by atoms with Crippen LogP contribution in [0.5, 0.6) is 0 Å². The van der Waals surface area contributed by atoms with Crippen LogP contribution in [-0.2, 0) is 0 Å². The van der Waals surface area contributed by atoms with Crippen molar-refractivity contribution in [3.05, 3.63) is 24.3 Å². The number of hydrogen-bond acceptors (Lipinski definition) is 3. The lowest BCUT2D eigenvalue weighted by atomic mass is 10.3. The predicted octanol–water partition coefficient (Wildman–Crippen LogP) is 2.59. The normalized spacial score (nSPS) is 10.1. The quantitative estimate of drug-likeness (QED) is 0.560. The van der Waals surface area contributed by atoms with Crippen LogP contribution in [0.25, 0.3) is 0 Å². The molecule has 1 aromatic rings. The fourth-order valence-corrected chi connectivity index (χ4v) is 1.81. The number of aliphatic hydroxyl groups is 1. The first kappa shape index (κ1) is 11.4. The first-order valence-corrected chi connectivity index (χ1v) is 5.93. The summed E-state index contributed by atoms with van der Waals surface area (Å²) in [6.07, 6.45) is 0.797. The highest BCUT2D eigenvalue weighted by Crippen LogP contribution is 2.19. The molecule has 14 heavy (non-hydrogen) atoms. The molecule has 2 nitrogen and oxygen atoms in total. The van der Waals surface area contributed by atoms with Gasteiger partial charge in [0.2, 0.25) is 0 Å². The molecule has 0 bridgehead atoms. The molecule has 0 aliphatic carbocycles. The largest absolute Gasteiger partial charge is 0.396 e.